The summed E-state index contributed by atoms with van der Waals surface area (Å²) in [6.45, 7) is 5.68. The van der Waals surface area contributed by atoms with Gasteiger partial charge in [-0.25, -0.2) is 0 Å². The van der Waals surface area contributed by atoms with Crippen LogP contribution in [0.15, 0.2) is 12.7 Å². The third-order valence-corrected chi connectivity index (χ3v) is 2.04. The summed E-state index contributed by atoms with van der Waals surface area (Å²) >= 11 is 0. The van der Waals surface area contributed by atoms with Crippen molar-refractivity contribution in [2.24, 2.45) is 0 Å². The SMILES string of the molecule is C=CC(CCCCC)OP(O)O. The lowest BCUT2D eigenvalue weighted by Crippen LogP contribution is -2.05. The Morgan fingerprint density at radius 3 is 2.58 bits per heavy atom. The highest BCUT2D eigenvalue weighted by molar-refractivity contribution is 7.39. The molecule has 2 N–H and O–H groups in total. The summed E-state index contributed by atoms with van der Waals surface area (Å²) in [6.07, 6.45) is 5.54. The van der Waals surface area contributed by atoms with E-state index in [0.717, 1.165) is 25.7 Å². The Morgan fingerprint density at radius 1 is 1.50 bits per heavy atom. The van der Waals surface area contributed by atoms with Crippen molar-refractivity contribution in [2.45, 2.75) is 38.7 Å². The van der Waals surface area contributed by atoms with E-state index in [0.29, 0.717) is 0 Å². The predicted molar refractivity (Wildman–Crippen MR) is 50.6 cm³/mol. The van der Waals surface area contributed by atoms with Crippen molar-refractivity contribution >= 4 is 8.60 Å². The van der Waals surface area contributed by atoms with Gasteiger partial charge in [0.15, 0.2) is 0 Å². The topological polar surface area (TPSA) is 49.7 Å². The summed E-state index contributed by atoms with van der Waals surface area (Å²) in [5, 5.41) is 0. The van der Waals surface area contributed by atoms with Crippen LogP contribution in [0.25, 0.3) is 0 Å². The van der Waals surface area contributed by atoms with Crippen molar-refractivity contribution in [1.82, 2.24) is 0 Å². The molecule has 0 heterocycles. The van der Waals surface area contributed by atoms with Crippen LogP contribution in [0.2, 0.25) is 0 Å². The maximum Gasteiger partial charge on any atom is 0.327 e. The predicted octanol–water partition coefficient (Wildman–Crippen LogP) is 2.35. The maximum atomic E-state index is 8.56. The molecule has 0 aromatic carbocycles. The van der Waals surface area contributed by atoms with Gasteiger partial charge >= 0.3 is 8.60 Å². The fourth-order valence-corrected chi connectivity index (χ4v) is 1.36. The third kappa shape index (κ3) is 6.74. The molecule has 0 fully saturated rings. The first kappa shape index (κ1) is 12.0. The van der Waals surface area contributed by atoms with Gasteiger partial charge in [-0.1, -0.05) is 32.3 Å². The summed E-state index contributed by atoms with van der Waals surface area (Å²) in [4.78, 5) is 17.1. The van der Waals surface area contributed by atoms with Gasteiger partial charge in [0.25, 0.3) is 0 Å². The van der Waals surface area contributed by atoms with Crippen molar-refractivity contribution in [3.63, 3.8) is 0 Å². The Kier molecular flexibility index (Phi) is 7.72. The van der Waals surface area contributed by atoms with Gasteiger partial charge in [-0.15, -0.1) is 6.58 Å². The van der Waals surface area contributed by atoms with E-state index in [1.807, 2.05) is 0 Å². The summed E-state index contributed by atoms with van der Waals surface area (Å²) in [6, 6.07) is 0. The van der Waals surface area contributed by atoms with Crippen molar-refractivity contribution < 1.29 is 14.3 Å². The third-order valence-electron chi connectivity index (χ3n) is 1.58. The van der Waals surface area contributed by atoms with Gasteiger partial charge < -0.3 is 14.3 Å². The smallest absolute Gasteiger partial charge is 0.327 e. The Morgan fingerprint density at radius 2 is 2.17 bits per heavy atom. The monoisotopic (exact) mass is 192 g/mol. The Bertz CT molecular complexity index is 117. The average Bonchev–Trinajstić information content (AvgIpc) is 2.02. The number of hydrogen-bond donors (Lipinski definition) is 2. The fraction of sp³-hybridized carbons (Fsp3) is 0.750. The maximum absolute atomic E-state index is 8.56. The van der Waals surface area contributed by atoms with Crippen LogP contribution in [0.4, 0.5) is 0 Å². The van der Waals surface area contributed by atoms with E-state index in [-0.39, 0.29) is 6.10 Å². The average molecular weight is 192 g/mol. The molecule has 12 heavy (non-hydrogen) atoms. The molecule has 3 nitrogen and oxygen atoms in total. The van der Waals surface area contributed by atoms with Crippen LogP contribution < -0.4 is 0 Å². The molecule has 0 aliphatic rings. The summed E-state index contributed by atoms with van der Waals surface area (Å²) < 4.78 is 4.80. The van der Waals surface area contributed by atoms with Crippen molar-refractivity contribution in [3.8, 4) is 0 Å². The van der Waals surface area contributed by atoms with Gasteiger partial charge in [0.2, 0.25) is 0 Å². The second-order valence-electron chi connectivity index (χ2n) is 2.63. The second kappa shape index (κ2) is 7.69. The van der Waals surface area contributed by atoms with E-state index in [4.69, 9.17) is 14.3 Å². The molecule has 0 aromatic rings. The van der Waals surface area contributed by atoms with Crippen LogP contribution in [-0.4, -0.2) is 15.9 Å². The molecule has 0 radical (unpaired) electrons. The molecule has 1 unspecified atom stereocenters. The van der Waals surface area contributed by atoms with Crippen molar-refractivity contribution in [1.29, 1.82) is 0 Å². The van der Waals surface area contributed by atoms with E-state index in [9.17, 15) is 0 Å². The molecule has 0 aliphatic carbocycles. The lowest BCUT2D eigenvalue weighted by Gasteiger charge is -2.12. The van der Waals surface area contributed by atoms with Gasteiger partial charge in [-0.3, -0.25) is 0 Å². The molecule has 0 saturated carbocycles. The van der Waals surface area contributed by atoms with Gasteiger partial charge in [0.1, 0.15) is 0 Å². The fourth-order valence-electron chi connectivity index (χ4n) is 0.930. The first-order valence-electron chi connectivity index (χ1n) is 4.18. The van der Waals surface area contributed by atoms with Crippen molar-refractivity contribution in [3.05, 3.63) is 12.7 Å². The van der Waals surface area contributed by atoms with E-state index < -0.39 is 8.60 Å². The molecule has 0 saturated heterocycles. The molecular formula is C8H17O3P. The van der Waals surface area contributed by atoms with Gasteiger partial charge in [-0.2, -0.15) is 0 Å². The van der Waals surface area contributed by atoms with Crippen LogP contribution in [0.5, 0.6) is 0 Å². The second-order valence-corrected chi connectivity index (χ2v) is 3.34. The molecule has 72 valence electrons. The highest BCUT2D eigenvalue weighted by atomic mass is 31.2. The number of rotatable bonds is 7. The molecular weight excluding hydrogens is 175 g/mol. The first-order chi connectivity index (χ1) is 5.70. The number of unbranched alkanes of at least 4 members (excludes halogenated alkanes) is 2. The summed E-state index contributed by atoms with van der Waals surface area (Å²) in [7, 11) is -2.24. The molecule has 0 aliphatic heterocycles. The molecule has 0 aromatic heterocycles. The van der Waals surface area contributed by atoms with E-state index in [1.54, 1.807) is 6.08 Å². The van der Waals surface area contributed by atoms with Crippen LogP contribution in [0.3, 0.4) is 0 Å². The van der Waals surface area contributed by atoms with E-state index >= 15 is 0 Å². The molecule has 4 heteroatoms. The minimum Gasteiger partial charge on any atom is -0.328 e. The molecule has 0 spiro atoms. The standard InChI is InChI=1S/C8H17O3P/c1-3-5-6-7-8(4-2)11-12(9)10/h4,8-10H,2-3,5-7H2,1H3. The zero-order valence-electron chi connectivity index (χ0n) is 7.44. The van der Waals surface area contributed by atoms with Crippen LogP contribution >= 0.6 is 8.60 Å². The van der Waals surface area contributed by atoms with E-state index in [2.05, 4.69) is 13.5 Å². The summed E-state index contributed by atoms with van der Waals surface area (Å²) in [5.74, 6) is 0. The van der Waals surface area contributed by atoms with Gasteiger partial charge in [0.05, 0.1) is 6.10 Å². The normalized spacial score (nSPS) is 13.3. The first-order valence-corrected chi connectivity index (χ1v) is 5.34. The number of hydrogen-bond acceptors (Lipinski definition) is 3. The zero-order chi connectivity index (χ0) is 9.40. The largest absolute Gasteiger partial charge is 0.328 e. The highest BCUT2D eigenvalue weighted by Gasteiger charge is 2.09. The van der Waals surface area contributed by atoms with E-state index in [1.165, 1.54) is 0 Å². The highest BCUT2D eigenvalue weighted by Crippen LogP contribution is 2.28. The lowest BCUT2D eigenvalue weighted by atomic mass is 10.1. The van der Waals surface area contributed by atoms with Gasteiger partial charge in [-0.05, 0) is 6.42 Å². The van der Waals surface area contributed by atoms with Crippen molar-refractivity contribution in [2.75, 3.05) is 0 Å². The molecule has 1 atom stereocenters. The van der Waals surface area contributed by atoms with Crippen LogP contribution in [0.1, 0.15) is 32.6 Å². The minimum absolute atomic E-state index is 0.210. The molecule has 0 rings (SSSR count). The van der Waals surface area contributed by atoms with Gasteiger partial charge in [0, 0.05) is 0 Å². The lowest BCUT2D eigenvalue weighted by molar-refractivity contribution is 0.196. The summed E-state index contributed by atoms with van der Waals surface area (Å²) in [5.41, 5.74) is 0. The Balaban J connectivity index is 3.46. The Hall–Kier alpha value is 0.0500. The Labute approximate surface area is 75.1 Å². The van der Waals surface area contributed by atoms with Crippen LogP contribution in [0, 0.1) is 0 Å². The minimum atomic E-state index is -2.24. The molecule has 0 bridgehead atoms. The quantitative estimate of drug-likeness (QED) is 0.370. The zero-order valence-corrected chi connectivity index (χ0v) is 8.33. The van der Waals surface area contributed by atoms with Crippen LogP contribution in [-0.2, 0) is 4.52 Å². The molecule has 0 amide bonds.